The van der Waals surface area contributed by atoms with Crippen molar-refractivity contribution >= 4 is 34.5 Å². The molecule has 0 unspecified atom stereocenters. The molecular formula is C20H22FN3OS. The Bertz CT molecular complexity index is 832. The maximum atomic E-state index is 14.3. The summed E-state index contributed by atoms with van der Waals surface area (Å²) in [6, 6.07) is 12.7. The van der Waals surface area contributed by atoms with Crippen molar-refractivity contribution in [3.63, 3.8) is 0 Å². The maximum absolute atomic E-state index is 14.3. The van der Waals surface area contributed by atoms with Crippen LogP contribution in [0.1, 0.15) is 22.8 Å². The fourth-order valence-electron chi connectivity index (χ4n) is 3.06. The molecule has 1 N–H and O–H groups in total. The molecule has 0 radical (unpaired) electrons. The fraction of sp³-hybridized carbons (Fsp3) is 0.300. The van der Waals surface area contributed by atoms with Crippen LogP contribution in [0.25, 0.3) is 0 Å². The van der Waals surface area contributed by atoms with E-state index >= 15 is 0 Å². The average Bonchev–Trinajstić information content (AvgIpc) is 2.61. The van der Waals surface area contributed by atoms with E-state index in [0.717, 1.165) is 5.69 Å². The molecule has 2 aromatic rings. The minimum Gasteiger partial charge on any atom is -0.366 e. The molecule has 6 heteroatoms. The van der Waals surface area contributed by atoms with Crippen molar-refractivity contribution in [2.75, 3.05) is 36.4 Å². The second-order valence-corrected chi connectivity index (χ2v) is 6.88. The van der Waals surface area contributed by atoms with Crippen LogP contribution in [-0.4, -0.2) is 42.0 Å². The number of halogens is 1. The van der Waals surface area contributed by atoms with E-state index in [2.05, 4.69) is 16.3 Å². The number of rotatable bonds is 3. The Morgan fingerprint density at radius 2 is 1.85 bits per heavy atom. The predicted molar refractivity (Wildman–Crippen MR) is 108 cm³/mol. The average molecular weight is 371 g/mol. The number of nitrogens with zero attached hydrogens (tertiary/aromatic N) is 2. The molecular weight excluding hydrogens is 349 g/mol. The van der Waals surface area contributed by atoms with Crippen molar-refractivity contribution in [2.45, 2.75) is 13.8 Å². The Balaban J connectivity index is 1.60. The molecule has 1 aliphatic heterocycles. The number of piperazine rings is 1. The molecule has 0 aromatic heterocycles. The highest BCUT2D eigenvalue weighted by atomic mass is 32.1. The number of carbonyl (C=O) groups excluding carboxylic acids is 1. The highest BCUT2D eigenvalue weighted by Gasteiger charge is 2.21. The lowest BCUT2D eigenvalue weighted by Crippen LogP contribution is -2.50. The maximum Gasteiger partial charge on any atom is 0.173 e. The zero-order valence-electron chi connectivity index (χ0n) is 15.0. The Morgan fingerprint density at radius 3 is 2.46 bits per heavy atom. The number of benzene rings is 2. The second kappa shape index (κ2) is 7.83. The van der Waals surface area contributed by atoms with Gasteiger partial charge in [-0.3, -0.25) is 4.79 Å². The first-order valence-corrected chi connectivity index (χ1v) is 9.03. The van der Waals surface area contributed by atoms with E-state index in [1.54, 1.807) is 12.1 Å². The quantitative estimate of drug-likeness (QED) is 0.655. The summed E-state index contributed by atoms with van der Waals surface area (Å²) in [5, 5.41) is 3.95. The lowest BCUT2D eigenvalue weighted by Gasteiger charge is -2.37. The molecule has 1 aliphatic rings. The fourth-order valence-corrected chi connectivity index (χ4v) is 3.36. The van der Waals surface area contributed by atoms with Crippen LogP contribution < -0.4 is 10.2 Å². The molecule has 0 bridgehead atoms. The molecule has 3 rings (SSSR count). The van der Waals surface area contributed by atoms with E-state index in [1.807, 2.05) is 30.0 Å². The highest BCUT2D eigenvalue weighted by Crippen LogP contribution is 2.22. The van der Waals surface area contributed by atoms with Crippen molar-refractivity contribution in [1.82, 2.24) is 4.90 Å². The van der Waals surface area contributed by atoms with Gasteiger partial charge in [0, 0.05) is 37.4 Å². The van der Waals surface area contributed by atoms with Crippen LogP contribution in [0.3, 0.4) is 0 Å². The molecule has 0 aliphatic carbocycles. The third-order valence-electron chi connectivity index (χ3n) is 4.53. The van der Waals surface area contributed by atoms with Crippen LogP contribution in [-0.2, 0) is 0 Å². The predicted octanol–water partition coefficient (Wildman–Crippen LogP) is 3.86. The molecule has 1 heterocycles. The van der Waals surface area contributed by atoms with E-state index < -0.39 is 0 Å². The first-order chi connectivity index (χ1) is 12.4. The van der Waals surface area contributed by atoms with Gasteiger partial charge in [-0.05, 0) is 62.0 Å². The van der Waals surface area contributed by atoms with Gasteiger partial charge in [-0.2, -0.15) is 0 Å². The number of nitrogens with one attached hydrogen (secondary N) is 1. The van der Waals surface area contributed by atoms with Gasteiger partial charge in [-0.25, -0.2) is 4.39 Å². The van der Waals surface area contributed by atoms with E-state index in [4.69, 9.17) is 12.2 Å². The minimum absolute atomic E-state index is 0.132. The minimum atomic E-state index is -0.355. The highest BCUT2D eigenvalue weighted by molar-refractivity contribution is 7.80. The zero-order valence-corrected chi connectivity index (χ0v) is 15.8. The molecule has 0 atom stereocenters. The number of ketones is 1. The number of anilines is 2. The van der Waals surface area contributed by atoms with Gasteiger partial charge in [0.05, 0.1) is 5.69 Å². The molecule has 0 amide bonds. The van der Waals surface area contributed by atoms with Crippen molar-refractivity contribution in [3.05, 3.63) is 59.4 Å². The summed E-state index contributed by atoms with van der Waals surface area (Å²) in [4.78, 5) is 15.5. The van der Waals surface area contributed by atoms with Crippen molar-refractivity contribution in [1.29, 1.82) is 0 Å². The molecule has 0 spiro atoms. The van der Waals surface area contributed by atoms with Gasteiger partial charge >= 0.3 is 0 Å². The summed E-state index contributed by atoms with van der Waals surface area (Å²) in [5.41, 5.74) is 3.08. The van der Waals surface area contributed by atoms with Crippen LogP contribution in [0.4, 0.5) is 15.8 Å². The lowest BCUT2D eigenvalue weighted by molar-refractivity contribution is 0.101. The van der Waals surface area contributed by atoms with Gasteiger partial charge in [-0.15, -0.1) is 0 Å². The van der Waals surface area contributed by atoms with Gasteiger partial charge in [0.25, 0.3) is 0 Å². The molecule has 2 aromatic carbocycles. The summed E-state index contributed by atoms with van der Waals surface area (Å²) in [6.45, 7) is 6.25. The number of Topliss-reactive ketones (excluding diaryl/α,β-unsaturated/α-hetero) is 1. The van der Waals surface area contributed by atoms with Gasteiger partial charge in [0.2, 0.25) is 0 Å². The lowest BCUT2D eigenvalue weighted by atomic mass is 10.1. The molecule has 4 nitrogen and oxygen atoms in total. The van der Waals surface area contributed by atoms with Crippen LogP contribution in [0.2, 0.25) is 0 Å². The normalized spacial score (nSPS) is 14.3. The molecule has 26 heavy (non-hydrogen) atoms. The summed E-state index contributed by atoms with van der Waals surface area (Å²) >= 11 is 5.51. The summed E-state index contributed by atoms with van der Waals surface area (Å²) in [6.07, 6.45) is 0. The Morgan fingerprint density at radius 1 is 1.12 bits per heavy atom. The Labute approximate surface area is 158 Å². The first-order valence-electron chi connectivity index (χ1n) is 8.62. The monoisotopic (exact) mass is 371 g/mol. The molecule has 1 saturated heterocycles. The summed E-state index contributed by atoms with van der Waals surface area (Å²) in [7, 11) is 0. The number of carbonyl (C=O) groups is 1. The van der Waals surface area contributed by atoms with Gasteiger partial charge < -0.3 is 15.1 Å². The standard InChI is InChI=1S/C20H22FN3OS/c1-14-4-3-5-17(12-14)22-20(26)24-10-8-23(9-11-24)19-7-6-16(15(2)25)13-18(19)21/h3-7,12-13H,8-11H2,1-2H3,(H,22,26). The van der Waals surface area contributed by atoms with E-state index in [0.29, 0.717) is 42.5 Å². The Kier molecular flexibility index (Phi) is 5.52. The van der Waals surface area contributed by atoms with E-state index in [9.17, 15) is 9.18 Å². The number of aryl methyl sites for hydroxylation is 1. The van der Waals surface area contributed by atoms with Gasteiger partial charge in [0.1, 0.15) is 5.82 Å². The van der Waals surface area contributed by atoms with Gasteiger partial charge in [0.15, 0.2) is 10.9 Å². The van der Waals surface area contributed by atoms with Crippen molar-refractivity contribution in [3.8, 4) is 0 Å². The molecule has 1 fully saturated rings. The summed E-state index contributed by atoms with van der Waals surface area (Å²) in [5.74, 6) is -0.487. The third-order valence-corrected chi connectivity index (χ3v) is 4.89. The third kappa shape index (κ3) is 4.19. The number of hydrogen-bond acceptors (Lipinski definition) is 3. The molecule has 0 saturated carbocycles. The zero-order chi connectivity index (χ0) is 18.7. The largest absolute Gasteiger partial charge is 0.366 e. The molecule has 136 valence electrons. The van der Waals surface area contributed by atoms with Crippen molar-refractivity contribution in [2.24, 2.45) is 0 Å². The summed E-state index contributed by atoms with van der Waals surface area (Å²) < 4.78 is 14.3. The first kappa shape index (κ1) is 18.3. The SMILES string of the molecule is CC(=O)c1ccc(N2CCN(C(=S)Nc3cccc(C)c3)CC2)c(F)c1. The van der Waals surface area contributed by atoms with Crippen molar-refractivity contribution < 1.29 is 9.18 Å². The van der Waals surface area contributed by atoms with Crippen LogP contribution in [0.15, 0.2) is 42.5 Å². The topological polar surface area (TPSA) is 35.6 Å². The smallest absolute Gasteiger partial charge is 0.173 e. The van der Waals surface area contributed by atoms with Crippen LogP contribution >= 0.6 is 12.2 Å². The van der Waals surface area contributed by atoms with Gasteiger partial charge in [-0.1, -0.05) is 12.1 Å². The van der Waals surface area contributed by atoms with E-state index in [1.165, 1.54) is 18.6 Å². The van der Waals surface area contributed by atoms with Crippen LogP contribution in [0.5, 0.6) is 0 Å². The van der Waals surface area contributed by atoms with E-state index in [-0.39, 0.29) is 11.6 Å². The van der Waals surface area contributed by atoms with Crippen LogP contribution in [0, 0.1) is 12.7 Å². The number of hydrogen-bond donors (Lipinski definition) is 1. The Hall–Kier alpha value is -2.47. The number of thiocarbonyl (C=S) groups is 1. The second-order valence-electron chi connectivity index (χ2n) is 6.50.